The number of furan rings is 1. The number of rotatable bonds is 4. The van der Waals surface area contributed by atoms with Crippen molar-refractivity contribution in [1.82, 2.24) is 5.43 Å². The van der Waals surface area contributed by atoms with Crippen molar-refractivity contribution in [3.63, 3.8) is 0 Å². The van der Waals surface area contributed by atoms with Crippen LogP contribution >= 0.6 is 22.6 Å². The molecule has 0 aliphatic rings. The zero-order valence-corrected chi connectivity index (χ0v) is 11.5. The van der Waals surface area contributed by atoms with Gasteiger partial charge >= 0.3 is 5.91 Å². The molecule has 1 amide bonds. The molecule has 0 bridgehead atoms. The Labute approximate surface area is 117 Å². The monoisotopic (exact) mass is 358 g/mol. The van der Waals surface area contributed by atoms with Gasteiger partial charge in [-0.2, -0.15) is 0 Å². The van der Waals surface area contributed by atoms with E-state index in [0.717, 1.165) is 9.32 Å². The molecule has 0 fully saturated rings. The smallest absolute Gasteiger partial charge is 0.301 e. The minimum atomic E-state index is -0.471. The van der Waals surface area contributed by atoms with E-state index in [1.165, 1.54) is 6.26 Å². The third kappa shape index (κ3) is 3.02. The summed E-state index contributed by atoms with van der Waals surface area (Å²) in [7, 11) is 0. The van der Waals surface area contributed by atoms with Gasteiger partial charge in [-0.15, -0.1) is 0 Å². The molecular formula is C12H11IN2O3. The molecule has 0 radical (unpaired) electrons. The van der Waals surface area contributed by atoms with Gasteiger partial charge in [0.25, 0.3) is 0 Å². The van der Waals surface area contributed by atoms with Crippen LogP contribution in [0.5, 0.6) is 5.75 Å². The maximum absolute atomic E-state index is 11.4. The van der Waals surface area contributed by atoms with Crippen LogP contribution < -0.4 is 16.0 Å². The largest absolute Gasteiger partial charge is 0.489 e. The van der Waals surface area contributed by atoms with Gasteiger partial charge in [0.05, 0.1) is 6.26 Å². The van der Waals surface area contributed by atoms with Crippen LogP contribution in [0.2, 0.25) is 0 Å². The van der Waals surface area contributed by atoms with E-state index in [9.17, 15) is 4.79 Å². The standard InChI is InChI=1S/C12H11IN2O3/c13-9-1-3-10(4-2-9)18-7-8-5-6-17-11(8)12(16)15-14/h1-6H,7,14H2,(H,15,16). The van der Waals surface area contributed by atoms with Gasteiger partial charge in [0.2, 0.25) is 0 Å². The van der Waals surface area contributed by atoms with Crippen LogP contribution in [0.1, 0.15) is 16.1 Å². The van der Waals surface area contributed by atoms with E-state index in [2.05, 4.69) is 22.6 Å². The summed E-state index contributed by atoms with van der Waals surface area (Å²) in [5.74, 6) is 5.49. The van der Waals surface area contributed by atoms with Crippen LogP contribution in [-0.4, -0.2) is 5.91 Å². The summed E-state index contributed by atoms with van der Waals surface area (Å²) in [6, 6.07) is 9.30. The fourth-order valence-electron chi connectivity index (χ4n) is 1.41. The first kappa shape index (κ1) is 12.9. The highest BCUT2D eigenvalue weighted by molar-refractivity contribution is 14.1. The molecule has 2 aromatic rings. The number of carbonyl (C=O) groups excluding carboxylic acids is 1. The van der Waals surface area contributed by atoms with Crippen molar-refractivity contribution in [3.05, 3.63) is 51.5 Å². The number of ether oxygens (including phenoxy) is 1. The minimum Gasteiger partial charge on any atom is -0.489 e. The van der Waals surface area contributed by atoms with E-state index >= 15 is 0 Å². The topological polar surface area (TPSA) is 77.5 Å². The second-order valence-corrected chi connectivity index (χ2v) is 4.74. The van der Waals surface area contributed by atoms with Gasteiger partial charge in [0, 0.05) is 9.13 Å². The predicted octanol–water partition coefficient (Wildman–Crippen LogP) is 2.07. The van der Waals surface area contributed by atoms with Crippen molar-refractivity contribution in [3.8, 4) is 5.75 Å². The number of benzene rings is 1. The average Bonchev–Trinajstić information content (AvgIpc) is 2.85. The lowest BCUT2D eigenvalue weighted by Gasteiger charge is -2.05. The van der Waals surface area contributed by atoms with Gasteiger partial charge < -0.3 is 9.15 Å². The highest BCUT2D eigenvalue weighted by Gasteiger charge is 2.14. The fraction of sp³-hybridized carbons (Fsp3) is 0.0833. The molecule has 0 saturated heterocycles. The lowest BCUT2D eigenvalue weighted by Crippen LogP contribution is -2.30. The van der Waals surface area contributed by atoms with E-state index in [0.29, 0.717) is 5.56 Å². The first-order chi connectivity index (χ1) is 8.70. The van der Waals surface area contributed by atoms with Crippen molar-refractivity contribution in [2.24, 2.45) is 5.84 Å². The van der Waals surface area contributed by atoms with Crippen LogP contribution in [-0.2, 0) is 6.61 Å². The number of halogens is 1. The molecule has 6 heteroatoms. The summed E-state index contributed by atoms with van der Waals surface area (Å²) in [6.45, 7) is 0.250. The molecule has 0 spiro atoms. The SMILES string of the molecule is NNC(=O)c1occc1COc1ccc(I)cc1. The normalized spacial score (nSPS) is 10.1. The number of carbonyl (C=O) groups is 1. The average molecular weight is 358 g/mol. The van der Waals surface area contributed by atoms with E-state index in [-0.39, 0.29) is 12.4 Å². The van der Waals surface area contributed by atoms with Gasteiger partial charge in [-0.05, 0) is 52.9 Å². The number of hydrogen-bond donors (Lipinski definition) is 2. The van der Waals surface area contributed by atoms with E-state index in [4.69, 9.17) is 15.0 Å². The molecule has 0 atom stereocenters. The second-order valence-electron chi connectivity index (χ2n) is 3.49. The molecule has 3 N–H and O–H groups in total. The van der Waals surface area contributed by atoms with Gasteiger partial charge in [0.1, 0.15) is 12.4 Å². The van der Waals surface area contributed by atoms with Crippen LogP contribution in [0, 0.1) is 3.57 Å². The van der Waals surface area contributed by atoms with E-state index in [1.54, 1.807) is 6.07 Å². The fourth-order valence-corrected chi connectivity index (χ4v) is 1.77. The molecule has 1 heterocycles. The van der Waals surface area contributed by atoms with Gasteiger partial charge in [0.15, 0.2) is 5.76 Å². The van der Waals surface area contributed by atoms with Crippen molar-refractivity contribution < 1.29 is 13.9 Å². The molecule has 2 rings (SSSR count). The van der Waals surface area contributed by atoms with Crippen molar-refractivity contribution in [2.45, 2.75) is 6.61 Å². The first-order valence-electron chi connectivity index (χ1n) is 5.16. The highest BCUT2D eigenvalue weighted by atomic mass is 127. The summed E-state index contributed by atoms with van der Waals surface area (Å²) in [5.41, 5.74) is 2.67. The predicted molar refractivity (Wildman–Crippen MR) is 73.9 cm³/mol. The summed E-state index contributed by atoms with van der Waals surface area (Å²) < 4.78 is 11.7. The quantitative estimate of drug-likeness (QED) is 0.380. The second kappa shape index (κ2) is 5.87. The first-order valence-corrected chi connectivity index (χ1v) is 6.24. The highest BCUT2D eigenvalue weighted by Crippen LogP contribution is 2.17. The van der Waals surface area contributed by atoms with Crippen LogP contribution in [0.3, 0.4) is 0 Å². The molecule has 1 aromatic carbocycles. The summed E-state index contributed by atoms with van der Waals surface area (Å²) >= 11 is 2.22. The van der Waals surface area contributed by atoms with Crippen molar-refractivity contribution >= 4 is 28.5 Å². The molecule has 0 aliphatic carbocycles. The Bertz CT molecular complexity index is 537. The molecule has 0 unspecified atom stereocenters. The number of hydrazine groups is 1. The maximum Gasteiger partial charge on any atom is 0.301 e. The zero-order chi connectivity index (χ0) is 13.0. The Balaban J connectivity index is 2.04. The number of hydrogen-bond acceptors (Lipinski definition) is 4. The molecule has 5 nitrogen and oxygen atoms in total. The number of nitrogens with one attached hydrogen (secondary N) is 1. The summed E-state index contributed by atoms with van der Waals surface area (Å²) in [4.78, 5) is 11.4. The van der Waals surface area contributed by atoms with Crippen molar-refractivity contribution in [1.29, 1.82) is 0 Å². The van der Waals surface area contributed by atoms with Gasteiger partial charge in [-0.3, -0.25) is 10.2 Å². The van der Waals surface area contributed by atoms with E-state index < -0.39 is 5.91 Å². The van der Waals surface area contributed by atoms with Gasteiger partial charge in [-0.1, -0.05) is 0 Å². The zero-order valence-electron chi connectivity index (χ0n) is 9.35. The van der Waals surface area contributed by atoms with Crippen LogP contribution in [0.15, 0.2) is 41.0 Å². The minimum absolute atomic E-state index is 0.169. The Morgan fingerprint density at radius 2 is 2.06 bits per heavy atom. The Kier molecular flexibility index (Phi) is 4.21. The number of nitrogens with two attached hydrogens (primary N) is 1. The molecule has 1 aromatic heterocycles. The maximum atomic E-state index is 11.4. The summed E-state index contributed by atoms with van der Waals surface area (Å²) in [6.07, 6.45) is 1.43. The van der Waals surface area contributed by atoms with Crippen LogP contribution in [0.25, 0.3) is 0 Å². The summed E-state index contributed by atoms with van der Waals surface area (Å²) in [5, 5.41) is 0. The third-order valence-electron chi connectivity index (χ3n) is 2.29. The lowest BCUT2D eigenvalue weighted by molar-refractivity contribution is 0.0922. The Hall–Kier alpha value is -1.54. The Morgan fingerprint density at radius 1 is 1.33 bits per heavy atom. The third-order valence-corrected chi connectivity index (χ3v) is 3.01. The number of nitrogen functional groups attached to an aromatic ring is 1. The Morgan fingerprint density at radius 3 is 2.72 bits per heavy atom. The van der Waals surface area contributed by atoms with Crippen molar-refractivity contribution in [2.75, 3.05) is 0 Å². The van der Waals surface area contributed by atoms with Gasteiger partial charge in [-0.25, -0.2) is 5.84 Å². The number of amides is 1. The van der Waals surface area contributed by atoms with Crippen LogP contribution in [0.4, 0.5) is 0 Å². The molecule has 18 heavy (non-hydrogen) atoms. The lowest BCUT2D eigenvalue weighted by atomic mass is 10.2. The molecule has 94 valence electrons. The molecule has 0 aliphatic heterocycles. The molecule has 0 saturated carbocycles. The molecular weight excluding hydrogens is 347 g/mol. The van der Waals surface area contributed by atoms with E-state index in [1.807, 2.05) is 29.7 Å².